The Labute approximate surface area is 205 Å². The quantitative estimate of drug-likeness (QED) is 0.336. The Morgan fingerprint density at radius 2 is 1.80 bits per heavy atom. The van der Waals surface area contributed by atoms with Crippen LogP contribution in [0.25, 0.3) is 33.3 Å². The van der Waals surface area contributed by atoms with Crippen LogP contribution in [-0.2, 0) is 11.3 Å². The largest absolute Gasteiger partial charge is 0.380 e. The average Bonchev–Trinajstić information content (AvgIpc) is 3.31. The number of fused-ring (bicyclic) bond motifs is 2. The number of morpholine rings is 1. The molecule has 8 nitrogen and oxygen atoms in total. The molecule has 1 aliphatic rings. The van der Waals surface area contributed by atoms with Crippen molar-refractivity contribution in [3.05, 3.63) is 81.9 Å². The van der Waals surface area contributed by atoms with Gasteiger partial charge < -0.3 is 24.9 Å². The van der Waals surface area contributed by atoms with Gasteiger partial charge in [-0.1, -0.05) is 11.6 Å². The second kappa shape index (κ2) is 9.05. The number of hydrogen-bond acceptors (Lipinski definition) is 6. The van der Waals surface area contributed by atoms with Crippen molar-refractivity contribution in [3.8, 4) is 11.4 Å². The third kappa shape index (κ3) is 4.22. The number of hydrogen-bond donors (Lipinski definition) is 3. The van der Waals surface area contributed by atoms with E-state index in [-0.39, 0.29) is 5.56 Å². The molecule has 35 heavy (non-hydrogen) atoms. The molecule has 0 amide bonds. The highest BCUT2D eigenvalue weighted by Crippen LogP contribution is 2.33. The molecular formula is C26H23ClN6O2. The number of nitrogens with zero attached hydrogens (tertiary/aromatic N) is 3. The Kier molecular flexibility index (Phi) is 5.60. The van der Waals surface area contributed by atoms with E-state index in [1.165, 1.54) is 0 Å². The van der Waals surface area contributed by atoms with Gasteiger partial charge in [-0.25, -0.2) is 4.98 Å². The van der Waals surface area contributed by atoms with E-state index in [4.69, 9.17) is 21.3 Å². The minimum Gasteiger partial charge on any atom is -0.380 e. The van der Waals surface area contributed by atoms with Crippen LogP contribution in [0.2, 0.25) is 5.02 Å². The van der Waals surface area contributed by atoms with E-state index >= 15 is 0 Å². The Balaban J connectivity index is 1.47. The first kappa shape index (κ1) is 21.6. The number of rotatable bonds is 5. The third-order valence-corrected chi connectivity index (χ3v) is 6.51. The molecule has 2 aromatic carbocycles. The Bertz CT molecular complexity index is 1570. The van der Waals surface area contributed by atoms with Crippen molar-refractivity contribution in [2.45, 2.75) is 6.54 Å². The summed E-state index contributed by atoms with van der Waals surface area (Å²) >= 11 is 6.34. The summed E-state index contributed by atoms with van der Waals surface area (Å²) < 4.78 is 5.47. The topological polar surface area (TPSA) is 98.9 Å². The number of anilines is 2. The highest BCUT2D eigenvalue weighted by molar-refractivity contribution is 6.31. The van der Waals surface area contributed by atoms with Crippen molar-refractivity contribution in [1.82, 2.24) is 19.9 Å². The van der Waals surface area contributed by atoms with Crippen LogP contribution in [0.1, 0.15) is 5.56 Å². The van der Waals surface area contributed by atoms with Crippen molar-refractivity contribution in [3.63, 3.8) is 0 Å². The zero-order chi connectivity index (χ0) is 23.8. The Morgan fingerprint density at radius 3 is 2.63 bits per heavy atom. The van der Waals surface area contributed by atoms with E-state index in [0.717, 1.165) is 40.8 Å². The number of aromatic nitrogens is 4. The molecule has 0 bridgehead atoms. The highest BCUT2D eigenvalue weighted by atomic mass is 35.5. The van der Waals surface area contributed by atoms with Crippen molar-refractivity contribution in [2.24, 2.45) is 0 Å². The number of H-pyrrole nitrogens is 2. The van der Waals surface area contributed by atoms with Gasteiger partial charge >= 0.3 is 0 Å². The fraction of sp³-hybridized carbons (Fsp3) is 0.192. The lowest BCUT2D eigenvalue weighted by molar-refractivity contribution is 0.122. The smallest absolute Gasteiger partial charge is 0.261 e. The second-order valence-corrected chi connectivity index (χ2v) is 8.93. The summed E-state index contributed by atoms with van der Waals surface area (Å²) in [5.41, 5.74) is 5.39. The molecule has 1 saturated heterocycles. The SMILES string of the molecule is O=c1[nH]c2ccc(Cl)cc2c(NCc2ccncc2)c1-c1nc2cc(N3CCOCC3)ccc2[nH]1. The Morgan fingerprint density at radius 1 is 1.00 bits per heavy atom. The predicted octanol–water partition coefficient (Wildman–Crippen LogP) is 4.57. The van der Waals surface area contributed by atoms with Gasteiger partial charge in [-0.05, 0) is 54.1 Å². The first-order valence-corrected chi connectivity index (χ1v) is 11.8. The van der Waals surface area contributed by atoms with Gasteiger partial charge in [0, 0.05) is 48.1 Å². The second-order valence-electron chi connectivity index (χ2n) is 8.49. The van der Waals surface area contributed by atoms with E-state index in [1.807, 2.05) is 30.3 Å². The monoisotopic (exact) mass is 486 g/mol. The van der Waals surface area contributed by atoms with Crippen LogP contribution < -0.4 is 15.8 Å². The zero-order valence-electron chi connectivity index (χ0n) is 18.8. The van der Waals surface area contributed by atoms with E-state index in [2.05, 4.69) is 37.3 Å². The van der Waals surface area contributed by atoms with Crippen molar-refractivity contribution in [2.75, 3.05) is 36.5 Å². The molecule has 3 aromatic heterocycles. The lowest BCUT2D eigenvalue weighted by Crippen LogP contribution is -2.36. The van der Waals surface area contributed by atoms with Gasteiger partial charge in [-0.3, -0.25) is 9.78 Å². The number of nitrogens with one attached hydrogen (secondary N) is 3. The predicted molar refractivity (Wildman–Crippen MR) is 139 cm³/mol. The highest BCUT2D eigenvalue weighted by Gasteiger charge is 2.19. The molecule has 5 aromatic rings. The number of benzene rings is 2. The van der Waals surface area contributed by atoms with Crippen LogP contribution in [0.4, 0.5) is 11.4 Å². The summed E-state index contributed by atoms with van der Waals surface area (Å²) in [6.07, 6.45) is 3.49. The summed E-state index contributed by atoms with van der Waals surface area (Å²) in [5, 5.41) is 4.86. The van der Waals surface area contributed by atoms with Gasteiger partial charge in [-0.2, -0.15) is 0 Å². The molecule has 0 radical (unpaired) electrons. The lowest BCUT2D eigenvalue weighted by Gasteiger charge is -2.28. The standard InChI is InChI=1S/C26H23ClN6O2/c27-17-1-3-20-19(13-17)24(29-15-16-5-7-28-8-6-16)23(26(34)32-20)25-30-21-4-2-18(14-22(21)31-25)33-9-11-35-12-10-33/h1-8,13-14H,9-12,15H2,(H,30,31)(H2,29,32,34). The van der Waals surface area contributed by atoms with E-state index in [1.54, 1.807) is 18.5 Å². The zero-order valence-corrected chi connectivity index (χ0v) is 19.6. The molecule has 4 heterocycles. The fourth-order valence-corrected chi connectivity index (χ4v) is 4.67. The molecule has 1 fully saturated rings. The fourth-order valence-electron chi connectivity index (χ4n) is 4.50. The number of aromatic amines is 2. The Hall–Kier alpha value is -3.88. The van der Waals surface area contributed by atoms with Crippen molar-refractivity contribution < 1.29 is 4.74 Å². The molecule has 0 atom stereocenters. The van der Waals surface area contributed by atoms with Gasteiger partial charge in [0.05, 0.1) is 35.5 Å². The lowest BCUT2D eigenvalue weighted by atomic mass is 10.1. The maximum Gasteiger partial charge on any atom is 0.261 e. The van der Waals surface area contributed by atoms with Crippen molar-refractivity contribution >= 4 is 44.9 Å². The number of imidazole rings is 1. The molecule has 0 saturated carbocycles. The molecular weight excluding hydrogens is 464 g/mol. The van der Waals surface area contributed by atoms with Gasteiger partial charge in [0.2, 0.25) is 0 Å². The molecule has 176 valence electrons. The molecule has 9 heteroatoms. The van der Waals surface area contributed by atoms with E-state index < -0.39 is 0 Å². The minimum absolute atomic E-state index is 0.232. The number of ether oxygens (including phenoxy) is 1. The van der Waals surface area contributed by atoms with Gasteiger partial charge in [0.1, 0.15) is 11.4 Å². The van der Waals surface area contributed by atoms with Gasteiger partial charge in [0.15, 0.2) is 0 Å². The van der Waals surface area contributed by atoms with Crippen LogP contribution in [0.5, 0.6) is 0 Å². The van der Waals surface area contributed by atoms with E-state index in [9.17, 15) is 4.79 Å². The molecule has 0 spiro atoms. The maximum atomic E-state index is 13.3. The van der Waals surface area contributed by atoms with Gasteiger partial charge in [0.25, 0.3) is 5.56 Å². The molecule has 0 unspecified atom stereocenters. The average molecular weight is 487 g/mol. The first-order chi connectivity index (χ1) is 17.2. The van der Waals surface area contributed by atoms with Crippen molar-refractivity contribution in [1.29, 1.82) is 0 Å². The van der Waals surface area contributed by atoms with Crippen LogP contribution in [-0.4, -0.2) is 46.2 Å². The first-order valence-electron chi connectivity index (χ1n) is 11.5. The molecule has 3 N–H and O–H groups in total. The van der Waals surface area contributed by atoms with Gasteiger partial charge in [-0.15, -0.1) is 0 Å². The van der Waals surface area contributed by atoms with E-state index in [0.29, 0.717) is 47.4 Å². The summed E-state index contributed by atoms with van der Waals surface area (Å²) in [6, 6.07) is 15.4. The van der Waals surface area contributed by atoms with Crippen LogP contribution in [0, 0.1) is 0 Å². The van der Waals surface area contributed by atoms with Crippen LogP contribution in [0.3, 0.4) is 0 Å². The third-order valence-electron chi connectivity index (χ3n) is 6.27. The summed E-state index contributed by atoms with van der Waals surface area (Å²) in [5.74, 6) is 0.500. The molecule has 1 aliphatic heterocycles. The molecule has 0 aliphatic carbocycles. The number of pyridine rings is 2. The maximum absolute atomic E-state index is 13.3. The summed E-state index contributed by atoms with van der Waals surface area (Å²) in [4.78, 5) is 30.8. The molecule has 6 rings (SSSR count). The minimum atomic E-state index is -0.232. The van der Waals surface area contributed by atoms with Crippen LogP contribution in [0.15, 0.2) is 65.7 Å². The summed E-state index contributed by atoms with van der Waals surface area (Å²) in [6.45, 7) is 3.63. The normalized spacial score (nSPS) is 14.0. The van der Waals surface area contributed by atoms with Crippen LogP contribution >= 0.6 is 11.6 Å². The number of halogens is 1. The summed E-state index contributed by atoms with van der Waals surface area (Å²) in [7, 11) is 0.